The van der Waals surface area contributed by atoms with E-state index in [1.807, 2.05) is 36.4 Å². The number of hydrogen-bond donors (Lipinski definition) is 1. The number of thioether (sulfide) groups is 1. The largest absolute Gasteiger partial charge is 0.497 e. The molecule has 0 unspecified atom stereocenters. The average molecular weight is 369 g/mol. The van der Waals surface area contributed by atoms with Crippen LogP contribution in [-0.4, -0.2) is 21.9 Å². The summed E-state index contributed by atoms with van der Waals surface area (Å²) in [5.74, 6) is 2.51. The molecule has 1 aromatic heterocycles. The van der Waals surface area contributed by atoms with Crippen LogP contribution in [0.2, 0.25) is 0 Å². The first kappa shape index (κ1) is 18.5. The van der Waals surface area contributed by atoms with Crippen molar-refractivity contribution in [3.05, 3.63) is 71.5 Å². The van der Waals surface area contributed by atoms with Crippen LogP contribution in [0.15, 0.2) is 59.8 Å². The first-order chi connectivity index (χ1) is 12.7. The van der Waals surface area contributed by atoms with E-state index in [0.717, 1.165) is 35.4 Å². The van der Waals surface area contributed by atoms with Crippen molar-refractivity contribution in [2.24, 2.45) is 5.73 Å². The molecule has 3 aromatic rings. The number of aromatic nitrogens is 3. The molecule has 0 radical (unpaired) electrons. The topological polar surface area (TPSA) is 66.0 Å². The molecule has 1 atom stereocenters. The van der Waals surface area contributed by atoms with Crippen LogP contribution in [0, 0.1) is 0 Å². The molecule has 26 heavy (non-hydrogen) atoms. The molecule has 0 saturated heterocycles. The van der Waals surface area contributed by atoms with Crippen molar-refractivity contribution in [1.29, 1.82) is 0 Å². The third-order valence-electron chi connectivity index (χ3n) is 4.19. The summed E-state index contributed by atoms with van der Waals surface area (Å²) >= 11 is 1.67. The molecule has 2 N–H and O–H groups in total. The lowest BCUT2D eigenvalue weighted by atomic mass is 10.1. The minimum atomic E-state index is -0.170. The first-order valence-electron chi connectivity index (χ1n) is 8.69. The van der Waals surface area contributed by atoms with E-state index < -0.39 is 0 Å². The van der Waals surface area contributed by atoms with E-state index in [-0.39, 0.29) is 6.04 Å². The fourth-order valence-corrected chi connectivity index (χ4v) is 3.80. The maximum atomic E-state index is 6.41. The Bertz CT molecular complexity index is 835. The van der Waals surface area contributed by atoms with Crippen molar-refractivity contribution in [2.75, 3.05) is 7.11 Å². The van der Waals surface area contributed by atoms with Crippen molar-refractivity contribution in [2.45, 2.75) is 36.8 Å². The number of benzene rings is 2. The van der Waals surface area contributed by atoms with Gasteiger partial charge in [-0.05, 0) is 36.6 Å². The highest BCUT2D eigenvalue weighted by Gasteiger charge is 2.18. The SMILES string of the molecule is CCn1c(SCc2cccc(OC)c2)nnc1[C@@H](N)Cc1ccccc1. The summed E-state index contributed by atoms with van der Waals surface area (Å²) in [5.41, 5.74) is 8.81. The van der Waals surface area contributed by atoms with E-state index in [2.05, 4.69) is 39.9 Å². The van der Waals surface area contributed by atoms with Gasteiger partial charge in [-0.2, -0.15) is 0 Å². The molecular weight excluding hydrogens is 344 g/mol. The van der Waals surface area contributed by atoms with Crippen LogP contribution in [0.1, 0.15) is 29.9 Å². The summed E-state index contributed by atoms with van der Waals surface area (Å²) in [6, 6.07) is 18.2. The zero-order chi connectivity index (χ0) is 18.4. The van der Waals surface area contributed by atoms with E-state index >= 15 is 0 Å². The van der Waals surface area contributed by atoms with Gasteiger partial charge in [0.05, 0.1) is 13.2 Å². The van der Waals surface area contributed by atoms with Gasteiger partial charge in [-0.25, -0.2) is 0 Å². The number of nitrogens with two attached hydrogens (primary N) is 1. The second kappa shape index (κ2) is 8.87. The van der Waals surface area contributed by atoms with E-state index in [1.165, 1.54) is 11.1 Å². The van der Waals surface area contributed by atoms with Crippen LogP contribution in [-0.2, 0) is 18.7 Å². The molecule has 0 aliphatic rings. The van der Waals surface area contributed by atoms with E-state index in [0.29, 0.717) is 0 Å². The van der Waals surface area contributed by atoms with Gasteiger partial charge >= 0.3 is 0 Å². The van der Waals surface area contributed by atoms with Crippen molar-refractivity contribution < 1.29 is 4.74 Å². The summed E-state index contributed by atoms with van der Waals surface area (Å²) in [7, 11) is 1.68. The van der Waals surface area contributed by atoms with Crippen molar-refractivity contribution in [3.8, 4) is 5.75 Å². The summed E-state index contributed by atoms with van der Waals surface area (Å²) in [4.78, 5) is 0. The van der Waals surface area contributed by atoms with E-state index in [4.69, 9.17) is 10.5 Å². The summed E-state index contributed by atoms with van der Waals surface area (Å²) < 4.78 is 7.39. The Morgan fingerprint density at radius 1 is 1.08 bits per heavy atom. The van der Waals surface area contributed by atoms with Gasteiger partial charge in [0.15, 0.2) is 11.0 Å². The smallest absolute Gasteiger partial charge is 0.191 e. The molecule has 0 bridgehead atoms. The average Bonchev–Trinajstić information content (AvgIpc) is 3.10. The van der Waals surface area contributed by atoms with Crippen molar-refractivity contribution in [3.63, 3.8) is 0 Å². The minimum absolute atomic E-state index is 0.170. The fraction of sp³-hybridized carbons (Fsp3) is 0.300. The molecule has 0 aliphatic carbocycles. The molecule has 2 aromatic carbocycles. The summed E-state index contributed by atoms with van der Waals surface area (Å²) in [6.45, 7) is 2.89. The molecule has 6 heteroatoms. The molecule has 3 rings (SSSR count). The molecule has 0 aliphatic heterocycles. The van der Waals surface area contributed by atoms with Crippen LogP contribution >= 0.6 is 11.8 Å². The van der Waals surface area contributed by atoms with Gasteiger partial charge in [-0.1, -0.05) is 54.2 Å². The Hall–Kier alpha value is -2.31. The zero-order valence-electron chi connectivity index (χ0n) is 15.1. The Balaban J connectivity index is 1.71. The highest BCUT2D eigenvalue weighted by molar-refractivity contribution is 7.98. The molecule has 5 nitrogen and oxygen atoms in total. The quantitative estimate of drug-likeness (QED) is 0.612. The molecule has 136 valence electrons. The predicted octanol–water partition coefficient (Wildman–Crippen LogP) is 3.84. The molecule has 0 amide bonds. The van der Waals surface area contributed by atoms with Crippen LogP contribution in [0.25, 0.3) is 0 Å². The maximum Gasteiger partial charge on any atom is 0.191 e. The van der Waals surface area contributed by atoms with Crippen LogP contribution in [0.5, 0.6) is 5.75 Å². The summed E-state index contributed by atoms with van der Waals surface area (Å²) in [5, 5.41) is 9.64. The van der Waals surface area contributed by atoms with Gasteiger partial charge < -0.3 is 15.0 Å². The highest BCUT2D eigenvalue weighted by Crippen LogP contribution is 2.26. The fourth-order valence-electron chi connectivity index (χ4n) is 2.85. The highest BCUT2D eigenvalue weighted by atomic mass is 32.2. The van der Waals surface area contributed by atoms with Gasteiger partial charge in [-0.15, -0.1) is 10.2 Å². The molecule has 0 fully saturated rings. The van der Waals surface area contributed by atoms with E-state index in [1.54, 1.807) is 18.9 Å². The normalized spacial score (nSPS) is 12.1. The van der Waals surface area contributed by atoms with Crippen LogP contribution in [0.4, 0.5) is 0 Å². The maximum absolute atomic E-state index is 6.41. The lowest BCUT2D eigenvalue weighted by molar-refractivity contribution is 0.414. The Morgan fingerprint density at radius 3 is 2.58 bits per heavy atom. The standard InChI is InChI=1S/C20H24N4OS/c1-3-24-19(18(21)13-15-8-5-4-6-9-15)22-23-20(24)26-14-16-10-7-11-17(12-16)25-2/h4-12,18H,3,13-14,21H2,1-2H3/t18-/m0/s1. The van der Waals surface area contributed by atoms with Crippen molar-refractivity contribution >= 4 is 11.8 Å². The van der Waals surface area contributed by atoms with Crippen LogP contribution < -0.4 is 10.5 Å². The molecule has 0 spiro atoms. The second-order valence-corrected chi connectivity index (χ2v) is 6.96. The minimum Gasteiger partial charge on any atom is -0.497 e. The number of ether oxygens (including phenoxy) is 1. The van der Waals surface area contributed by atoms with Crippen LogP contribution in [0.3, 0.4) is 0 Å². The molecular formula is C20H24N4OS. The number of hydrogen-bond acceptors (Lipinski definition) is 5. The Kier molecular flexibility index (Phi) is 6.30. The predicted molar refractivity (Wildman–Crippen MR) is 105 cm³/mol. The van der Waals surface area contributed by atoms with Gasteiger partial charge in [0, 0.05) is 12.3 Å². The van der Waals surface area contributed by atoms with Gasteiger partial charge in [0.25, 0.3) is 0 Å². The summed E-state index contributed by atoms with van der Waals surface area (Å²) in [6.07, 6.45) is 0.750. The Labute approximate surface area is 158 Å². The van der Waals surface area contributed by atoms with Gasteiger partial charge in [0.2, 0.25) is 0 Å². The van der Waals surface area contributed by atoms with E-state index in [9.17, 15) is 0 Å². The molecule has 0 saturated carbocycles. The lowest BCUT2D eigenvalue weighted by Crippen LogP contribution is -2.19. The second-order valence-electron chi connectivity index (χ2n) is 6.02. The third-order valence-corrected chi connectivity index (χ3v) is 5.23. The zero-order valence-corrected chi connectivity index (χ0v) is 15.9. The number of rotatable bonds is 8. The number of methoxy groups -OCH3 is 1. The van der Waals surface area contributed by atoms with Crippen molar-refractivity contribution in [1.82, 2.24) is 14.8 Å². The van der Waals surface area contributed by atoms with Gasteiger partial charge in [0.1, 0.15) is 5.75 Å². The number of nitrogens with zero attached hydrogens (tertiary/aromatic N) is 3. The molecule has 1 heterocycles. The third kappa shape index (κ3) is 4.45. The monoisotopic (exact) mass is 368 g/mol. The first-order valence-corrected chi connectivity index (χ1v) is 9.68. The lowest BCUT2D eigenvalue weighted by Gasteiger charge is -2.13. The Morgan fingerprint density at radius 2 is 1.85 bits per heavy atom. The van der Waals surface area contributed by atoms with Gasteiger partial charge in [-0.3, -0.25) is 0 Å².